The smallest absolute Gasteiger partial charge is 0.248 e. The summed E-state index contributed by atoms with van der Waals surface area (Å²) < 4.78 is 27.8. The van der Waals surface area contributed by atoms with Crippen molar-refractivity contribution in [2.45, 2.75) is 49.8 Å². The Morgan fingerprint density at radius 1 is 1.16 bits per heavy atom. The first-order chi connectivity index (χ1) is 14.9. The zero-order valence-corrected chi connectivity index (χ0v) is 18.4. The normalized spacial score (nSPS) is 20.4. The van der Waals surface area contributed by atoms with Crippen molar-refractivity contribution < 1.29 is 13.2 Å². The van der Waals surface area contributed by atoms with Gasteiger partial charge in [0.1, 0.15) is 0 Å². The van der Waals surface area contributed by atoms with Gasteiger partial charge in [0.25, 0.3) is 0 Å². The van der Waals surface area contributed by atoms with Crippen molar-refractivity contribution in [1.82, 2.24) is 14.6 Å². The molecule has 1 fully saturated rings. The number of allylic oxidation sites excluding steroid dienone is 1. The molecule has 0 spiro atoms. The topological polar surface area (TPSA) is 99.3 Å². The molecule has 8 heteroatoms. The molecular weight excluding hydrogens is 414 g/mol. The number of nitrogens with zero attached hydrogens (tertiary/aromatic N) is 1. The lowest BCUT2D eigenvalue weighted by Gasteiger charge is -2.31. The van der Waals surface area contributed by atoms with Crippen LogP contribution in [0.5, 0.6) is 0 Å². The molecule has 7 nitrogen and oxygen atoms in total. The summed E-state index contributed by atoms with van der Waals surface area (Å²) in [5.74, 6) is -0.395. The Labute approximate surface area is 182 Å². The Morgan fingerprint density at radius 2 is 2.03 bits per heavy atom. The van der Waals surface area contributed by atoms with E-state index in [0.29, 0.717) is 36.8 Å². The van der Waals surface area contributed by atoms with Crippen LogP contribution in [0, 0.1) is 5.92 Å². The fourth-order valence-electron chi connectivity index (χ4n) is 4.44. The van der Waals surface area contributed by atoms with Gasteiger partial charge in [0.15, 0.2) is 0 Å². The maximum Gasteiger partial charge on any atom is 0.248 e. The van der Waals surface area contributed by atoms with Crippen LogP contribution in [0.25, 0.3) is 10.9 Å². The molecular formula is C23H29N3O4S. The second kappa shape index (κ2) is 9.36. The Balaban J connectivity index is 1.41. The van der Waals surface area contributed by atoms with Crippen LogP contribution in [0.15, 0.2) is 51.7 Å². The van der Waals surface area contributed by atoms with E-state index in [9.17, 15) is 18.0 Å². The SMILES string of the molecule is O=C(NCCC1=CCCCC1)[C@H]1CCCN(S(=O)(=O)c2ccc3[nH]c(=O)ccc3c2)C1. The summed E-state index contributed by atoms with van der Waals surface area (Å²) in [6, 6.07) is 7.68. The van der Waals surface area contributed by atoms with Crippen molar-refractivity contribution in [1.29, 1.82) is 0 Å². The number of hydrogen-bond acceptors (Lipinski definition) is 4. The van der Waals surface area contributed by atoms with Gasteiger partial charge in [-0.1, -0.05) is 11.6 Å². The molecule has 0 unspecified atom stereocenters. The molecule has 1 saturated heterocycles. The van der Waals surface area contributed by atoms with Crippen LogP contribution in [0.1, 0.15) is 44.9 Å². The quantitative estimate of drug-likeness (QED) is 0.671. The number of aromatic amines is 1. The Bertz CT molecular complexity index is 1150. The molecule has 1 atom stereocenters. The number of fused-ring (bicyclic) bond motifs is 1. The summed E-state index contributed by atoms with van der Waals surface area (Å²) in [5.41, 5.74) is 1.78. The van der Waals surface area contributed by atoms with E-state index in [4.69, 9.17) is 0 Å². The second-order valence-corrected chi connectivity index (χ2v) is 10.4. The third-order valence-corrected chi connectivity index (χ3v) is 8.08. The van der Waals surface area contributed by atoms with Gasteiger partial charge in [-0.25, -0.2) is 8.42 Å². The zero-order chi connectivity index (χ0) is 21.8. The zero-order valence-electron chi connectivity index (χ0n) is 17.6. The van der Waals surface area contributed by atoms with Crippen molar-refractivity contribution in [3.8, 4) is 0 Å². The second-order valence-electron chi connectivity index (χ2n) is 8.42. The van der Waals surface area contributed by atoms with Crippen LogP contribution < -0.4 is 10.9 Å². The molecule has 2 N–H and O–H groups in total. The van der Waals surface area contributed by atoms with Crippen molar-refractivity contribution in [3.63, 3.8) is 0 Å². The van der Waals surface area contributed by atoms with Crippen molar-refractivity contribution >= 4 is 26.8 Å². The van der Waals surface area contributed by atoms with Gasteiger partial charge in [-0.3, -0.25) is 9.59 Å². The van der Waals surface area contributed by atoms with Gasteiger partial charge in [-0.05, 0) is 74.6 Å². The highest BCUT2D eigenvalue weighted by atomic mass is 32.2. The summed E-state index contributed by atoms with van der Waals surface area (Å²) in [4.78, 5) is 27.0. The predicted octanol–water partition coefficient (Wildman–Crippen LogP) is 2.94. The Morgan fingerprint density at radius 3 is 2.84 bits per heavy atom. The van der Waals surface area contributed by atoms with Gasteiger partial charge in [0.05, 0.1) is 10.8 Å². The average Bonchev–Trinajstić information content (AvgIpc) is 2.79. The number of amides is 1. The highest BCUT2D eigenvalue weighted by Gasteiger charge is 2.33. The van der Waals surface area contributed by atoms with Crippen LogP contribution in [0.4, 0.5) is 0 Å². The van der Waals surface area contributed by atoms with E-state index in [1.54, 1.807) is 18.2 Å². The van der Waals surface area contributed by atoms with Crippen LogP contribution >= 0.6 is 0 Å². The first-order valence-corrected chi connectivity index (χ1v) is 12.5. The van der Waals surface area contributed by atoms with Crippen LogP contribution in [-0.4, -0.2) is 43.2 Å². The summed E-state index contributed by atoms with van der Waals surface area (Å²) in [7, 11) is -3.72. The number of hydrogen-bond donors (Lipinski definition) is 2. The monoisotopic (exact) mass is 443 g/mol. The number of nitrogens with one attached hydrogen (secondary N) is 2. The Kier molecular flexibility index (Phi) is 6.57. The van der Waals surface area contributed by atoms with Crippen molar-refractivity contribution in [2.24, 2.45) is 5.92 Å². The number of carbonyl (C=O) groups excluding carboxylic acids is 1. The molecule has 1 aliphatic heterocycles. The number of carbonyl (C=O) groups is 1. The fourth-order valence-corrected chi connectivity index (χ4v) is 6.00. The summed E-state index contributed by atoms with van der Waals surface area (Å²) in [5, 5.41) is 3.66. The number of rotatable bonds is 6. The number of sulfonamides is 1. The molecule has 1 aromatic heterocycles. The lowest BCUT2D eigenvalue weighted by atomic mass is 9.96. The molecule has 166 valence electrons. The first-order valence-electron chi connectivity index (χ1n) is 11.0. The molecule has 31 heavy (non-hydrogen) atoms. The van der Waals surface area contributed by atoms with Gasteiger partial charge in [-0.2, -0.15) is 4.31 Å². The number of benzene rings is 1. The number of aromatic nitrogens is 1. The lowest BCUT2D eigenvalue weighted by Crippen LogP contribution is -2.45. The summed E-state index contributed by atoms with van der Waals surface area (Å²) in [6.07, 6.45) is 9.22. The lowest BCUT2D eigenvalue weighted by molar-refractivity contribution is -0.126. The molecule has 2 heterocycles. The molecule has 4 rings (SSSR count). The number of H-pyrrole nitrogens is 1. The van der Waals surface area contributed by atoms with E-state index in [1.165, 1.54) is 34.9 Å². The molecule has 0 saturated carbocycles. The molecule has 2 aromatic rings. The van der Waals surface area contributed by atoms with E-state index in [2.05, 4.69) is 16.4 Å². The minimum atomic E-state index is -3.72. The summed E-state index contributed by atoms with van der Waals surface area (Å²) in [6.45, 7) is 1.21. The van der Waals surface area contributed by atoms with E-state index in [-0.39, 0.29) is 28.8 Å². The maximum absolute atomic E-state index is 13.2. The third kappa shape index (κ3) is 5.07. The van der Waals surface area contributed by atoms with E-state index < -0.39 is 10.0 Å². The van der Waals surface area contributed by atoms with Crippen molar-refractivity contribution in [3.05, 3.63) is 52.3 Å². The minimum Gasteiger partial charge on any atom is -0.356 e. The van der Waals surface area contributed by atoms with Gasteiger partial charge in [0, 0.05) is 31.2 Å². The van der Waals surface area contributed by atoms with E-state index in [0.717, 1.165) is 19.3 Å². The van der Waals surface area contributed by atoms with E-state index >= 15 is 0 Å². The highest BCUT2D eigenvalue weighted by molar-refractivity contribution is 7.89. The Hall–Kier alpha value is -2.45. The number of pyridine rings is 1. The van der Waals surface area contributed by atoms with Crippen molar-refractivity contribution in [2.75, 3.05) is 19.6 Å². The molecule has 0 radical (unpaired) electrons. The molecule has 0 bridgehead atoms. The first kappa shape index (κ1) is 21.8. The number of piperidine rings is 1. The molecule has 1 amide bonds. The molecule has 2 aliphatic rings. The maximum atomic E-state index is 13.2. The van der Waals surface area contributed by atoms with Gasteiger partial charge in [0.2, 0.25) is 21.5 Å². The highest BCUT2D eigenvalue weighted by Crippen LogP contribution is 2.26. The van der Waals surface area contributed by atoms with Gasteiger partial charge in [-0.15, -0.1) is 0 Å². The van der Waals surface area contributed by atoms with Crippen LogP contribution in [0.3, 0.4) is 0 Å². The molecule has 1 aromatic carbocycles. The fraction of sp³-hybridized carbons (Fsp3) is 0.478. The third-order valence-electron chi connectivity index (χ3n) is 6.22. The van der Waals surface area contributed by atoms with Gasteiger partial charge >= 0.3 is 0 Å². The predicted molar refractivity (Wildman–Crippen MR) is 120 cm³/mol. The molecule has 1 aliphatic carbocycles. The largest absolute Gasteiger partial charge is 0.356 e. The standard InChI is InChI=1S/C23H29N3O4S/c27-22-11-8-18-15-20(9-10-21(18)25-22)31(29,30)26-14-4-7-19(16-26)23(28)24-13-12-17-5-2-1-3-6-17/h5,8-11,15,19H,1-4,6-7,12-14,16H2,(H,24,28)(H,25,27)/t19-/m0/s1. The van der Waals surface area contributed by atoms with Gasteiger partial charge < -0.3 is 10.3 Å². The average molecular weight is 444 g/mol. The van der Waals surface area contributed by atoms with E-state index in [1.807, 2.05) is 0 Å². The van der Waals surface area contributed by atoms with Crippen LogP contribution in [0.2, 0.25) is 0 Å². The minimum absolute atomic E-state index is 0.0626. The van der Waals surface area contributed by atoms with Crippen LogP contribution in [-0.2, 0) is 14.8 Å². The summed E-state index contributed by atoms with van der Waals surface area (Å²) >= 11 is 0.